The van der Waals surface area contributed by atoms with Gasteiger partial charge in [0.2, 0.25) is 0 Å². The number of aromatic nitrogens is 2. The quantitative estimate of drug-likeness (QED) is 0.796. The van der Waals surface area contributed by atoms with Crippen LogP contribution < -0.4 is 4.90 Å². The van der Waals surface area contributed by atoms with Gasteiger partial charge in [-0.15, -0.1) is 5.10 Å². The molecule has 0 unspecified atom stereocenters. The molecule has 0 saturated heterocycles. The molecule has 0 fully saturated rings. The van der Waals surface area contributed by atoms with Gasteiger partial charge in [0.25, 0.3) is 0 Å². The molecular formula is C14H10BrF2N3. The molecule has 0 radical (unpaired) electrons. The van der Waals surface area contributed by atoms with Gasteiger partial charge in [-0.05, 0) is 18.2 Å². The molecule has 0 atom stereocenters. The van der Waals surface area contributed by atoms with Crippen LogP contribution in [0.4, 0.5) is 14.5 Å². The Balaban J connectivity index is 2.23. The predicted octanol–water partition coefficient (Wildman–Crippen LogP) is 3.61. The Kier molecular flexibility index (Phi) is 3.25. The molecule has 0 bridgehead atoms. The molecule has 0 saturated carbocycles. The molecule has 6 heteroatoms. The van der Waals surface area contributed by atoms with E-state index in [0.29, 0.717) is 12.2 Å². The fourth-order valence-electron chi connectivity index (χ4n) is 2.28. The first-order chi connectivity index (χ1) is 9.56. The van der Waals surface area contributed by atoms with Gasteiger partial charge in [-0.25, -0.2) is 8.78 Å². The minimum absolute atomic E-state index is 0.244. The summed E-state index contributed by atoms with van der Waals surface area (Å²) in [5.74, 6) is -1.25. The Morgan fingerprint density at radius 1 is 1.30 bits per heavy atom. The maximum Gasteiger partial charge on any atom is 0.135 e. The second-order valence-electron chi connectivity index (χ2n) is 4.57. The van der Waals surface area contributed by atoms with E-state index in [4.69, 9.17) is 0 Å². The van der Waals surface area contributed by atoms with Crippen molar-refractivity contribution in [3.05, 3.63) is 46.1 Å². The fourth-order valence-corrected chi connectivity index (χ4v) is 2.91. The van der Waals surface area contributed by atoms with E-state index in [-0.39, 0.29) is 5.56 Å². The highest BCUT2D eigenvalue weighted by atomic mass is 79.9. The first-order valence-electron chi connectivity index (χ1n) is 5.94. The first-order valence-corrected chi connectivity index (χ1v) is 6.74. The summed E-state index contributed by atoms with van der Waals surface area (Å²) in [4.78, 5) is 1.95. The highest BCUT2D eigenvalue weighted by Gasteiger charge is 2.21. The molecule has 2 aromatic rings. The van der Waals surface area contributed by atoms with Crippen molar-refractivity contribution in [2.24, 2.45) is 0 Å². The van der Waals surface area contributed by atoms with Crippen LogP contribution in [0.3, 0.4) is 0 Å². The smallest absolute Gasteiger partial charge is 0.135 e. The minimum atomic E-state index is -0.644. The van der Waals surface area contributed by atoms with Crippen molar-refractivity contribution in [2.45, 2.75) is 0 Å². The summed E-state index contributed by atoms with van der Waals surface area (Å²) in [6, 6.07) is 3.45. The number of likely N-dealkylation sites (N-methyl/N-ethyl adjacent to an activating group) is 1. The summed E-state index contributed by atoms with van der Waals surface area (Å²) >= 11 is 3.45. The normalized spacial score (nSPS) is 14.0. The van der Waals surface area contributed by atoms with Crippen LogP contribution in [0.5, 0.6) is 0 Å². The minimum Gasteiger partial charge on any atom is -0.367 e. The molecular weight excluding hydrogens is 328 g/mol. The number of hydrogen-bond acceptors (Lipinski definition) is 3. The summed E-state index contributed by atoms with van der Waals surface area (Å²) in [5, 5.41) is 7.93. The standard InChI is InChI=1S/C14H10BrF2N3/c1-20-7-9(15)4-8-6-18-19-13(14(8)20)11-3-2-10(16)5-12(11)17/h2-6H,7H2,1H3. The Morgan fingerprint density at radius 3 is 2.85 bits per heavy atom. The summed E-state index contributed by atoms with van der Waals surface area (Å²) in [5.41, 5.74) is 2.29. The molecule has 0 aliphatic carbocycles. The Hall–Kier alpha value is -1.82. The highest BCUT2D eigenvalue weighted by molar-refractivity contribution is 9.11. The number of anilines is 1. The van der Waals surface area contributed by atoms with E-state index in [1.165, 1.54) is 12.1 Å². The van der Waals surface area contributed by atoms with Gasteiger partial charge in [-0.2, -0.15) is 5.10 Å². The van der Waals surface area contributed by atoms with Crippen LogP contribution in [0.1, 0.15) is 5.56 Å². The molecule has 0 amide bonds. The van der Waals surface area contributed by atoms with Gasteiger partial charge in [0.15, 0.2) is 0 Å². The summed E-state index contributed by atoms with van der Waals surface area (Å²) in [6.07, 6.45) is 3.55. The molecule has 102 valence electrons. The molecule has 1 aromatic carbocycles. The Bertz CT molecular complexity index is 716. The number of nitrogens with zero attached hydrogens (tertiary/aromatic N) is 3. The summed E-state index contributed by atoms with van der Waals surface area (Å²) in [7, 11) is 1.89. The lowest BCUT2D eigenvalue weighted by molar-refractivity contribution is 0.585. The molecule has 20 heavy (non-hydrogen) atoms. The van der Waals surface area contributed by atoms with Crippen molar-refractivity contribution in [3.63, 3.8) is 0 Å². The second kappa shape index (κ2) is 4.94. The number of rotatable bonds is 1. The SMILES string of the molecule is CN1CC(Br)=Cc2cnnc(-c3ccc(F)cc3F)c21. The van der Waals surface area contributed by atoms with Gasteiger partial charge < -0.3 is 4.90 Å². The highest BCUT2D eigenvalue weighted by Crippen LogP contribution is 2.37. The van der Waals surface area contributed by atoms with Crippen molar-refractivity contribution < 1.29 is 8.78 Å². The van der Waals surface area contributed by atoms with Gasteiger partial charge in [-0.3, -0.25) is 0 Å². The maximum absolute atomic E-state index is 14.0. The maximum atomic E-state index is 14.0. The zero-order chi connectivity index (χ0) is 14.3. The lowest BCUT2D eigenvalue weighted by Gasteiger charge is -2.27. The average molecular weight is 338 g/mol. The number of benzene rings is 1. The van der Waals surface area contributed by atoms with Crippen LogP contribution in [0, 0.1) is 11.6 Å². The van der Waals surface area contributed by atoms with Crippen LogP contribution in [-0.2, 0) is 0 Å². The number of hydrogen-bond donors (Lipinski definition) is 0. The number of fused-ring (bicyclic) bond motifs is 1. The molecule has 3 nitrogen and oxygen atoms in total. The first kappa shape index (κ1) is 13.2. The third kappa shape index (κ3) is 2.20. The topological polar surface area (TPSA) is 29.0 Å². The molecule has 2 heterocycles. The van der Waals surface area contributed by atoms with Gasteiger partial charge in [0.1, 0.15) is 17.3 Å². The Labute approximate surface area is 123 Å². The van der Waals surface area contributed by atoms with Crippen LogP contribution in [-0.4, -0.2) is 23.8 Å². The lowest BCUT2D eigenvalue weighted by atomic mass is 10.0. The van der Waals surface area contributed by atoms with E-state index in [9.17, 15) is 8.78 Å². The third-order valence-electron chi connectivity index (χ3n) is 3.12. The summed E-state index contributed by atoms with van der Waals surface area (Å²) < 4.78 is 28.0. The van der Waals surface area contributed by atoms with Crippen LogP contribution >= 0.6 is 15.9 Å². The molecule has 3 rings (SSSR count). The predicted molar refractivity (Wildman–Crippen MR) is 77.6 cm³/mol. The van der Waals surface area contributed by atoms with Crippen LogP contribution in [0.2, 0.25) is 0 Å². The van der Waals surface area contributed by atoms with E-state index >= 15 is 0 Å². The van der Waals surface area contributed by atoms with Crippen molar-refractivity contribution in [3.8, 4) is 11.3 Å². The second-order valence-corrected chi connectivity index (χ2v) is 5.59. The van der Waals surface area contributed by atoms with E-state index in [2.05, 4.69) is 26.1 Å². The molecule has 1 aliphatic rings. The van der Waals surface area contributed by atoms with Crippen LogP contribution in [0.15, 0.2) is 28.9 Å². The fraction of sp³-hybridized carbons (Fsp3) is 0.143. The Morgan fingerprint density at radius 2 is 2.10 bits per heavy atom. The van der Waals surface area contributed by atoms with Gasteiger partial charge in [0.05, 0.1) is 11.9 Å². The zero-order valence-corrected chi connectivity index (χ0v) is 12.2. The van der Waals surface area contributed by atoms with E-state index in [1.54, 1.807) is 6.20 Å². The summed E-state index contributed by atoms with van der Waals surface area (Å²) in [6.45, 7) is 0.661. The van der Waals surface area contributed by atoms with Crippen molar-refractivity contribution in [1.82, 2.24) is 10.2 Å². The molecule has 0 spiro atoms. The largest absolute Gasteiger partial charge is 0.367 e. The lowest BCUT2D eigenvalue weighted by Crippen LogP contribution is -2.24. The monoisotopic (exact) mass is 337 g/mol. The van der Waals surface area contributed by atoms with Crippen molar-refractivity contribution in [1.29, 1.82) is 0 Å². The van der Waals surface area contributed by atoms with Crippen molar-refractivity contribution in [2.75, 3.05) is 18.5 Å². The van der Waals surface area contributed by atoms with E-state index in [0.717, 1.165) is 21.8 Å². The van der Waals surface area contributed by atoms with Gasteiger partial charge in [-0.1, -0.05) is 15.9 Å². The van der Waals surface area contributed by atoms with Gasteiger partial charge in [0, 0.05) is 35.3 Å². The average Bonchev–Trinajstić information content (AvgIpc) is 2.37. The molecule has 1 aromatic heterocycles. The molecule has 1 aliphatic heterocycles. The van der Waals surface area contributed by atoms with E-state index in [1.807, 2.05) is 18.0 Å². The van der Waals surface area contributed by atoms with Crippen LogP contribution in [0.25, 0.3) is 17.3 Å². The zero-order valence-electron chi connectivity index (χ0n) is 10.6. The molecule has 0 N–H and O–H groups in total. The van der Waals surface area contributed by atoms with Crippen molar-refractivity contribution >= 4 is 27.7 Å². The third-order valence-corrected chi connectivity index (χ3v) is 3.60. The van der Waals surface area contributed by atoms with Gasteiger partial charge >= 0.3 is 0 Å². The number of halogens is 3. The van der Waals surface area contributed by atoms with E-state index < -0.39 is 11.6 Å².